The van der Waals surface area contributed by atoms with Crippen molar-refractivity contribution in [3.63, 3.8) is 0 Å². The average molecular weight is 355 g/mol. The summed E-state index contributed by atoms with van der Waals surface area (Å²) in [5.74, 6) is 1.21. The van der Waals surface area contributed by atoms with Crippen molar-refractivity contribution in [1.82, 2.24) is 0 Å². The quantitative estimate of drug-likeness (QED) is 0.656. The minimum atomic E-state index is -0.131. The Morgan fingerprint density at radius 2 is 1.84 bits per heavy atom. The third-order valence-corrected chi connectivity index (χ3v) is 5.13. The van der Waals surface area contributed by atoms with Crippen LogP contribution in [-0.2, 0) is 0 Å². The molecule has 1 amide bonds. The first-order valence-electron chi connectivity index (χ1n) is 8.33. The Hall–Kier alpha value is -2.53. The molecule has 0 unspecified atom stereocenters. The standard InChI is InChI=1S/C20H21NO3S/c1-4-23-14-10-11-17(24-5-2)16(12-14)21-20(22)19-13(3)15-8-6-7-9-18(15)25-19/h6-12H,4-5H2,1-3H3,(H,21,22). The number of carbonyl (C=O) groups excluding carboxylic acids is 1. The number of thiophene rings is 1. The van der Waals surface area contributed by atoms with Crippen LogP contribution in [0.25, 0.3) is 10.1 Å². The molecule has 4 nitrogen and oxygen atoms in total. The van der Waals surface area contributed by atoms with Crippen LogP contribution in [0.1, 0.15) is 29.1 Å². The summed E-state index contributed by atoms with van der Waals surface area (Å²) in [6.07, 6.45) is 0. The number of hydrogen-bond acceptors (Lipinski definition) is 4. The summed E-state index contributed by atoms with van der Waals surface area (Å²) in [6, 6.07) is 13.5. The highest BCUT2D eigenvalue weighted by atomic mass is 32.1. The van der Waals surface area contributed by atoms with Crippen molar-refractivity contribution < 1.29 is 14.3 Å². The van der Waals surface area contributed by atoms with Gasteiger partial charge in [0.05, 0.1) is 23.8 Å². The molecule has 0 fully saturated rings. The lowest BCUT2D eigenvalue weighted by Crippen LogP contribution is -2.12. The molecule has 3 aromatic rings. The van der Waals surface area contributed by atoms with Crippen LogP contribution in [0.5, 0.6) is 11.5 Å². The average Bonchev–Trinajstić information content (AvgIpc) is 2.95. The zero-order chi connectivity index (χ0) is 17.8. The number of nitrogens with one attached hydrogen (secondary N) is 1. The lowest BCUT2D eigenvalue weighted by Gasteiger charge is -2.13. The number of amides is 1. The van der Waals surface area contributed by atoms with E-state index in [1.165, 1.54) is 11.3 Å². The van der Waals surface area contributed by atoms with E-state index >= 15 is 0 Å². The lowest BCUT2D eigenvalue weighted by atomic mass is 10.1. The van der Waals surface area contributed by atoms with Crippen molar-refractivity contribution in [3.05, 3.63) is 52.9 Å². The van der Waals surface area contributed by atoms with Gasteiger partial charge in [-0.1, -0.05) is 18.2 Å². The van der Waals surface area contributed by atoms with Crippen LogP contribution in [0.2, 0.25) is 0 Å². The smallest absolute Gasteiger partial charge is 0.266 e. The van der Waals surface area contributed by atoms with Gasteiger partial charge >= 0.3 is 0 Å². The monoisotopic (exact) mass is 355 g/mol. The molecule has 1 N–H and O–H groups in total. The molecule has 3 rings (SSSR count). The molecule has 0 saturated heterocycles. The Morgan fingerprint density at radius 3 is 2.56 bits per heavy atom. The number of anilines is 1. The molecule has 5 heteroatoms. The molecule has 2 aromatic carbocycles. The molecule has 0 radical (unpaired) electrons. The van der Waals surface area contributed by atoms with Gasteiger partial charge in [-0.3, -0.25) is 4.79 Å². The van der Waals surface area contributed by atoms with Crippen molar-refractivity contribution in [1.29, 1.82) is 0 Å². The largest absolute Gasteiger partial charge is 0.494 e. The second-order valence-electron chi connectivity index (χ2n) is 5.53. The number of rotatable bonds is 6. The van der Waals surface area contributed by atoms with Crippen molar-refractivity contribution in [2.45, 2.75) is 20.8 Å². The van der Waals surface area contributed by atoms with Crippen LogP contribution in [-0.4, -0.2) is 19.1 Å². The number of hydrogen-bond donors (Lipinski definition) is 1. The molecule has 0 spiro atoms. The van der Waals surface area contributed by atoms with E-state index in [4.69, 9.17) is 9.47 Å². The molecule has 0 atom stereocenters. The fraction of sp³-hybridized carbons (Fsp3) is 0.250. The van der Waals surface area contributed by atoms with Crippen molar-refractivity contribution >= 4 is 33.0 Å². The van der Waals surface area contributed by atoms with E-state index in [-0.39, 0.29) is 5.91 Å². The second kappa shape index (κ2) is 7.57. The normalized spacial score (nSPS) is 10.7. The summed E-state index contributed by atoms with van der Waals surface area (Å²) in [5, 5.41) is 4.10. The van der Waals surface area contributed by atoms with Gasteiger partial charge in [0.2, 0.25) is 0 Å². The zero-order valence-corrected chi connectivity index (χ0v) is 15.4. The van der Waals surface area contributed by atoms with Crippen molar-refractivity contribution in [2.24, 2.45) is 0 Å². The fourth-order valence-electron chi connectivity index (χ4n) is 2.71. The first-order valence-corrected chi connectivity index (χ1v) is 9.14. The topological polar surface area (TPSA) is 47.6 Å². The summed E-state index contributed by atoms with van der Waals surface area (Å²) in [4.78, 5) is 13.5. The molecule has 0 bridgehead atoms. The van der Waals surface area contributed by atoms with E-state index in [9.17, 15) is 4.79 Å². The van der Waals surface area contributed by atoms with Gasteiger partial charge < -0.3 is 14.8 Å². The van der Waals surface area contributed by atoms with E-state index in [1.807, 2.05) is 57.2 Å². The number of aryl methyl sites for hydroxylation is 1. The van der Waals surface area contributed by atoms with Gasteiger partial charge in [0.1, 0.15) is 11.5 Å². The zero-order valence-electron chi connectivity index (χ0n) is 14.6. The van der Waals surface area contributed by atoms with Crippen LogP contribution in [0.15, 0.2) is 42.5 Å². The highest BCUT2D eigenvalue weighted by Gasteiger charge is 2.17. The number of benzene rings is 2. The maximum Gasteiger partial charge on any atom is 0.266 e. The summed E-state index contributed by atoms with van der Waals surface area (Å²) in [5.41, 5.74) is 1.62. The predicted molar refractivity (Wildman–Crippen MR) is 103 cm³/mol. The van der Waals surface area contributed by atoms with Crippen LogP contribution in [0.3, 0.4) is 0 Å². The van der Waals surface area contributed by atoms with E-state index in [0.717, 1.165) is 15.6 Å². The SMILES string of the molecule is CCOc1ccc(OCC)c(NC(=O)c2sc3ccccc3c2C)c1. The Kier molecular flexibility index (Phi) is 5.24. The molecule has 1 heterocycles. The molecule has 130 valence electrons. The van der Waals surface area contributed by atoms with Gasteiger partial charge in [-0.05, 0) is 49.9 Å². The molecular formula is C20H21NO3S. The van der Waals surface area contributed by atoms with Gasteiger partial charge in [0.25, 0.3) is 5.91 Å². The summed E-state index contributed by atoms with van der Waals surface area (Å²) in [7, 11) is 0. The minimum absolute atomic E-state index is 0.131. The van der Waals surface area contributed by atoms with Crippen LogP contribution >= 0.6 is 11.3 Å². The van der Waals surface area contributed by atoms with Crippen molar-refractivity contribution in [2.75, 3.05) is 18.5 Å². The molecule has 0 aliphatic heterocycles. The molecule has 0 aliphatic rings. The van der Waals surface area contributed by atoms with Gasteiger partial charge in [-0.25, -0.2) is 0 Å². The Bertz CT molecular complexity index is 901. The van der Waals surface area contributed by atoms with Crippen molar-refractivity contribution in [3.8, 4) is 11.5 Å². The molecule has 1 aromatic heterocycles. The predicted octanol–water partition coefficient (Wildman–Crippen LogP) is 5.26. The third-order valence-electron chi connectivity index (χ3n) is 3.86. The van der Waals surface area contributed by atoms with E-state index in [1.54, 1.807) is 6.07 Å². The van der Waals surface area contributed by atoms with Gasteiger partial charge in [0, 0.05) is 10.8 Å². The van der Waals surface area contributed by atoms with Crippen LogP contribution < -0.4 is 14.8 Å². The van der Waals surface area contributed by atoms with Gasteiger partial charge in [-0.2, -0.15) is 0 Å². The highest BCUT2D eigenvalue weighted by molar-refractivity contribution is 7.21. The Balaban J connectivity index is 1.93. The summed E-state index contributed by atoms with van der Waals surface area (Å²) >= 11 is 1.50. The lowest BCUT2D eigenvalue weighted by molar-refractivity contribution is 0.102. The maximum absolute atomic E-state index is 12.8. The van der Waals surface area contributed by atoms with Crippen LogP contribution in [0.4, 0.5) is 5.69 Å². The van der Waals surface area contributed by atoms with E-state index < -0.39 is 0 Å². The number of ether oxygens (including phenoxy) is 2. The van der Waals surface area contributed by atoms with Gasteiger partial charge in [0.15, 0.2) is 0 Å². The van der Waals surface area contributed by atoms with Crippen LogP contribution in [0, 0.1) is 6.92 Å². The molecule has 25 heavy (non-hydrogen) atoms. The first kappa shape index (κ1) is 17.3. The van der Waals surface area contributed by atoms with E-state index in [0.29, 0.717) is 35.3 Å². The summed E-state index contributed by atoms with van der Waals surface area (Å²) < 4.78 is 12.3. The fourth-order valence-corrected chi connectivity index (χ4v) is 3.82. The minimum Gasteiger partial charge on any atom is -0.494 e. The second-order valence-corrected chi connectivity index (χ2v) is 6.58. The van der Waals surface area contributed by atoms with Gasteiger partial charge in [-0.15, -0.1) is 11.3 Å². The Morgan fingerprint density at radius 1 is 1.08 bits per heavy atom. The molecule has 0 aliphatic carbocycles. The first-order chi connectivity index (χ1) is 12.1. The highest BCUT2D eigenvalue weighted by Crippen LogP contribution is 2.33. The van der Waals surface area contributed by atoms with E-state index in [2.05, 4.69) is 5.32 Å². The Labute approximate surface area is 151 Å². The number of carbonyl (C=O) groups is 1. The molecule has 0 saturated carbocycles. The summed E-state index contributed by atoms with van der Waals surface area (Å²) in [6.45, 7) is 6.91. The molecular weight excluding hydrogens is 334 g/mol. The third kappa shape index (κ3) is 3.61. The number of fused-ring (bicyclic) bond motifs is 1. The maximum atomic E-state index is 12.8.